The number of fused-ring (bicyclic) bond motifs is 5. The number of amides is 1. The zero-order chi connectivity index (χ0) is 29.1. The molecule has 42 heavy (non-hydrogen) atoms. The van der Waals surface area contributed by atoms with Crippen LogP contribution in [-0.4, -0.2) is 63.7 Å². The van der Waals surface area contributed by atoms with Gasteiger partial charge in [0.25, 0.3) is 5.91 Å². The number of hydrogen-bond donors (Lipinski definition) is 2. The maximum Gasteiger partial charge on any atom is 0.264 e. The van der Waals surface area contributed by atoms with Crippen LogP contribution in [0.1, 0.15) is 53.6 Å². The lowest BCUT2D eigenvalue weighted by Gasteiger charge is -2.45. The van der Waals surface area contributed by atoms with Crippen LogP contribution < -0.4 is 14.4 Å². The molecule has 2 aliphatic carbocycles. The fourth-order valence-electron chi connectivity index (χ4n) is 7.75. The highest BCUT2D eigenvalue weighted by Crippen LogP contribution is 2.46. The van der Waals surface area contributed by atoms with E-state index >= 15 is 0 Å². The van der Waals surface area contributed by atoms with Gasteiger partial charge in [-0.15, -0.1) is 0 Å². The molecule has 1 saturated heterocycles. The summed E-state index contributed by atoms with van der Waals surface area (Å²) in [7, 11) is -3.99. The van der Waals surface area contributed by atoms with E-state index in [1.54, 1.807) is 18.2 Å². The maximum absolute atomic E-state index is 13.4. The Balaban J connectivity index is 1.29. The number of halogens is 1. The normalized spacial score (nSPS) is 34.6. The van der Waals surface area contributed by atoms with Gasteiger partial charge in [0.15, 0.2) is 0 Å². The molecule has 2 aromatic carbocycles. The highest BCUT2D eigenvalue weighted by molar-refractivity contribution is 7.90. The zero-order valence-corrected chi connectivity index (χ0v) is 25.1. The SMILES string of the molecule is O=C1NS(=O)(=O)[C@@H]2COC[C@H]2C/C=C\[C@@H](O)[C@@H]2CC[C@H]2CN2C[C@@]3(CCCc4cc(Cl)ccc43)COc3ccc1cc32. The second-order valence-electron chi connectivity index (χ2n) is 12.8. The summed E-state index contributed by atoms with van der Waals surface area (Å²) >= 11 is 6.38. The van der Waals surface area contributed by atoms with Gasteiger partial charge in [-0.05, 0) is 91.8 Å². The summed E-state index contributed by atoms with van der Waals surface area (Å²) in [5.41, 5.74) is 3.29. The van der Waals surface area contributed by atoms with Gasteiger partial charge in [-0.2, -0.15) is 0 Å². The van der Waals surface area contributed by atoms with E-state index in [4.69, 9.17) is 21.1 Å². The van der Waals surface area contributed by atoms with Crippen molar-refractivity contribution in [3.05, 3.63) is 70.3 Å². The largest absolute Gasteiger partial charge is 0.490 e. The van der Waals surface area contributed by atoms with E-state index in [1.165, 1.54) is 11.1 Å². The lowest BCUT2D eigenvalue weighted by molar-refractivity contribution is 0.0455. The molecule has 2 fully saturated rings. The maximum atomic E-state index is 13.4. The van der Waals surface area contributed by atoms with Crippen molar-refractivity contribution in [3.63, 3.8) is 0 Å². The average Bonchev–Trinajstić information content (AvgIpc) is 3.37. The molecule has 0 unspecified atom stereocenters. The summed E-state index contributed by atoms with van der Waals surface area (Å²) in [6, 6.07) is 11.3. The number of carbonyl (C=O) groups excluding carboxylic acids is 1. The Labute approximate surface area is 252 Å². The Morgan fingerprint density at radius 2 is 1.98 bits per heavy atom. The van der Waals surface area contributed by atoms with Crippen molar-refractivity contribution >= 4 is 33.2 Å². The summed E-state index contributed by atoms with van der Waals surface area (Å²) < 4.78 is 41.0. The summed E-state index contributed by atoms with van der Waals surface area (Å²) in [4.78, 5) is 15.7. The number of hydrogen-bond acceptors (Lipinski definition) is 7. The van der Waals surface area contributed by atoms with Crippen molar-refractivity contribution in [1.29, 1.82) is 0 Å². The molecule has 0 aromatic heterocycles. The molecule has 3 heterocycles. The van der Waals surface area contributed by atoms with Gasteiger partial charge in [-0.25, -0.2) is 13.1 Å². The number of sulfonamides is 1. The molecule has 8 nitrogen and oxygen atoms in total. The average molecular weight is 613 g/mol. The molecule has 224 valence electrons. The van der Waals surface area contributed by atoms with Crippen LogP contribution in [0.15, 0.2) is 48.6 Å². The molecule has 2 aromatic rings. The molecule has 1 amide bonds. The molecule has 7 rings (SSSR count). The Hall–Kier alpha value is -2.59. The third-order valence-electron chi connectivity index (χ3n) is 10.2. The van der Waals surface area contributed by atoms with Gasteiger partial charge in [0.1, 0.15) is 11.0 Å². The predicted octanol–water partition coefficient (Wildman–Crippen LogP) is 4.23. The number of aryl methyl sites for hydroxylation is 1. The highest BCUT2D eigenvalue weighted by Gasteiger charge is 2.45. The third kappa shape index (κ3) is 5.02. The molecule has 0 radical (unpaired) electrons. The minimum absolute atomic E-state index is 0.0367. The molecule has 2 N–H and O–H groups in total. The minimum Gasteiger partial charge on any atom is -0.490 e. The monoisotopic (exact) mass is 612 g/mol. The first kappa shape index (κ1) is 28.2. The number of carbonyl (C=O) groups is 1. The number of nitrogens with one attached hydrogen (secondary N) is 1. The molecule has 5 aliphatic rings. The smallest absolute Gasteiger partial charge is 0.264 e. The number of ether oxygens (including phenoxy) is 2. The van der Waals surface area contributed by atoms with Gasteiger partial charge in [-0.1, -0.05) is 29.8 Å². The van der Waals surface area contributed by atoms with Crippen LogP contribution in [0.25, 0.3) is 0 Å². The van der Waals surface area contributed by atoms with Crippen LogP contribution >= 0.6 is 11.6 Å². The van der Waals surface area contributed by atoms with Crippen molar-refractivity contribution in [2.75, 3.05) is 37.8 Å². The van der Waals surface area contributed by atoms with Gasteiger partial charge in [-0.3, -0.25) is 4.79 Å². The molecular formula is C32H37ClN2O6S. The first-order valence-electron chi connectivity index (χ1n) is 15.0. The molecular weight excluding hydrogens is 576 g/mol. The number of aliphatic hydroxyl groups excluding tert-OH is 1. The van der Waals surface area contributed by atoms with E-state index < -0.39 is 27.3 Å². The third-order valence-corrected chi connectivity index (χ3v) is 12.2. The topological polar surface area (TPSA) is 105 Å². The number of anilines is 1. The first-order chi connectivity index (χ1) is 20.2. The Kier molecular flexibility index (Phi) is 7.28. The lowest BCUT2D eigenvalue weighted by Crippen LogP contribution is -2.49. The van der Waals surface area contributed by atoms with Gasteiger partial charge in [0.2, 0.25) is 10.0 Å². The van der Waals surface area contributed by atoms with Crippen LogP contribution in [0.5, 0.6) is 5.75 Å². The van der Waals surface area contributed by atoms with E-state index in [1.807, 2.05) is 18.2 Å². The summed E-state index contributed by atoms with van der Waals surface area (Å²) in [6.07, 6.45) is 8.47. The van der Waals surface area contributed by atoms with Crippen LogP contribution in [0, 0.1) is 17.8 Å². The Morgan fingerprint density at radius 1 is 1.10 bits per heavy atom. The van der Waals surface area contributed by atoms with Gasteiger partial charge < -0.3 is 19.5 Å². The lowest BCUT2D eigenvalue weighted by atomic mass is 9.68. The minimum atomic E-state index is -3.99. The summed E-state index contributed by atoms with van der Waals surface area (Å²) in [6.45, 7) is 2.23. The number of nitrogens with zero attached hydrogens (tertiary/aromatic N) is 1. The van der Waals surface area contributed by atoms with Crippen molar-refractivity contribution < 1.29 is 27.8 Å². The Bertz CT molecular complexity index is 1530. The molecule has 6 atom stereocenters. The van der Waals surface area contributed by atoms with E-state index in [0.717, 1.165) is 42.8 Å². The van der Waals surface area contributed by atoms with Gasteiger partial charge in [0.05, 0.1) is 31.6 Å². The van der Waals surface area contributed by atoms with Crippen LogP contribution in [-0.2, 0) is 26.6 Å². The first-order valence-corrected chi connectivity index (χ1v) is 16.9. The van der Waals surface area contributed by atoms with Crippen molar-refractivity contribution in [1.82, 2.24) is 4.72 Å². The number of benzene rings is 2. The molecule has 1 spiro atoms. The summed E-state index contributed by atoms with van der Waals surface area (Å²) in [5.74, 6) is 0.119. The van der Waals surface area contributed by atoms with E-state index in [0.29, 0.717) is 38.5 Å². The van der Waals surface area contributed by atoms with Crippen molar-refractivity contribution in [3.8, 4) is 5.75 Å². The van der Waals surface area contributed by atoms with Crippen molar-refractivity contribution in [2.45, 2.75) is 55.3 Å². The van der Waals surface area contributed by atoms with Crippen LogP contribution in [0.4, 0.5) is 5.69 Å². The molecule has 10 heteroatoms. The number of rotatable bonds is 0. The van der Waals surface area contributed by atoms with Gasteiger partial charge in [0, 0.05) is 35.0 Å². The number of allylic oxidation sites excluding steroid dienone is 1. The highest BCUT2D eigenvalue weighted by atomic mass is 35.5. The fourth-order valence-corrected chi connectivity index (χ4v) is 9.44. The standard InChI is InChI=1S/C32H37ClN2O6S/c33-24-8-10-26-20(13-24)4-2-12-32(26)18-35-15-22-6-9-25(22)28(36)5-1-3-23-16-40-17-30(23)42(38,39)34-31(37)21-7-11-29(41-19-32)27(35)14-21/h1,5,7-8,10-11,13-14,22-23,25,28,30,36H,2-4,6,9,12,15-19H2,(H,34,37)/b5-1-/t22-,23+,25+,28+,30+,32-/m0/s1. The molecule has 2 bridgehead atoms. The quantitative estimate of drug-likeness (QED) is 0.429. The van der Waals surface area contributed by atoms with Crippen LogP contribution in [0.2, 0.25) is 5.02 Å². The van der Waals surface area contributed by atoms with E-state index in [2.05, 4.69) is 21.8 Å². The van der Waals surface area contributed by atoms with E-state index in [-0.39, 0.29) is 35.3 Å². The van der Waals surface area contributed by atoms with Gasteiger partial charge >= 0.3 is 0 Å². The summed E-state index contributed by atoms with van der Waals surface area (Å²) in [5, 5.41) is 11.0. The molecule has 3 aliphatic heterocycles. The number of aliphatic hydroxyl groups is 1. The van der Waals surface area contributed by atoms with Crippen molar-refractivity contribution in [2.24, 2.45) is 17.8 Å². The second kappa shape index (κ2) is 10.8. The fraction of sp³-hybridized carbons (Fsp3) is 0.531. The predicted molar refractivity (Wildman–Crippen MR) is 161 cm³/mol. The Morgan fingerprint density at radius 3 is 2.81 bits per heavy atom. The second-order valence-corrected chi connectivity index (χ2v) is 15.1. The zero-order valence-electron chi connectivity index (χ0n) is 23.5. The van der Waals surface area contributed by atoms with E-state index in [9.17, 15) is 18.3 Å². The molecule has 1 saturated carbocycles. The van der Waals surface area contributed by atoms with Crippen LogP contribution in [0.3, 0.4) is 0 Å².